The summed E-state index contributed by atoms with van der Waals surface area (Å²) in [5, 5.41) is 17.2. The van der Waals surface area contributed by atoms with Crippen LogP contribution in [-0.2, 0) is 9.47 Å². The average Bonchev–Trinajstić information content (AvgIpc) is 2.50. The fourth-order valence-electron chi connectivity index (χ4n) is 2.13. The van der Waals surface area contributed by atoms with Gasteiger partial charge in [0.05, 0.1) is 0 Å². The minimum Gasteiger partial charge on any atom is -0.396 e. The molecule has 0 bridgehead atoms. The minimum absolute atomic E-state index is 0.275. The van der Waals surface area contributed by atoms with E-state index in [1.807, 2.05) is 0 Å². The molecule has 0 rings (SSSR count). The average molecular weight is 304 g/mol. The lowest BCUT2D eigenvalue weighted by molar-refractivity contribution is 0.120. The summed E-state index contributed by atoms with van der Waals surface area (Å²) in [7, 11) is 0. The zero-order valence-electron chi connectivity index (χ0n) is 13.7. The van der Waals surface area contributed by atoms with Gasteiger partial charge in [0.1, 0.15) is 0 Å². The maximum Gasteiger partial charge on any atom is 0.0466 e. The van der Waals surface area contributed by atoms with E-state index in [1.165, 1.54) is 32.1 Å². The molecule has 0 saturated carbocycles. The Bertz CT molecular complexity index is 158. The van der Waals surface area contributed by atoms with Gasteiger partial charge in [0.15, 0.2) is 0 Å². The van der Waals surface area contributed by atoms with Crippen molar-refractivity contribution in [1.82, 2.24) is 0 Å². The summed E-state index contributed by atoms with van der Waals surface area (Å²) in [6.07, 6.45) is 12.4. The van der Waals surface area contributed by atoms with Gasteiger partial charge < -0.3 is 19.7 Å². The number of unbranched alkanes of at least 4 members (excludes halogenated alkanes) is 8. The second-order valence-electron chi connectivity index (χ2n) is 5.56. The minimum atomic E-state index is 0.275. The molecule has 0 fully saturated rings. The van der Waals surface area contributed by atoms with Crippen LogP contribution in [0.4, 0.5) is 0 Å². The lowest BCUT2D eigenvalue weighted by Crippen LogP contribution is -1.98. The first-order chi connectivity index (χ1) is 10.4. The van der Waals surface area contributed by atoms with Crippen LogP contribution in [0.1, 0.15) is 70.6 Å². The van der Waals surface area contributed by atoms with E-state index < -0.39 is 0 Å². The molecule has 0 aliphatic heterocycles. The van der Waals surface area contributed by atoms with E-state index in [0.717, 1.165) is 65.0 Å². The second kappa shape index (κ2) is 19.8. The Hall–Kier alpha value is -0.160. The Morgan fingerprint density at radius 3 is 1.00 bits per heavy atom. The first kappa shape index (κ1) is 20.8. The van der Waals surface area contributed by atoms with Gasteiger partial charge in [0.2, 0.25) is 0 Å². The van der Waals surface area contributed by atoms with Gasteiger partial charge in [0, 0.05) is 39.6 Å². The summed E-state index contributed by atoms with van der Waals surface area (Å²) in [6, 6.07) is 0. The lowest BCUT2D eigenvalue weighted by atomic mass is 10.1. The normalized spacial score (nSPS) is 11.1. The molecule has 0 aromatic rings. The molecule has 0 aromatic heterocycles. The standard InChI is InChI=1S/C17H36O4/c18-12-6-10-16-20-14-8-4-2-1-3-5-9-15-21-17-11-7-13-19/h18-19H,1-17H2. The molecule has 0 amide bonds. The van der Waals surface area contributed by atoms with Crippen LogP contribution in [0.15, 0.2) is 0 Å². The Labute approximate surface area is 130 Å². The third-order valence-corrected chi connectivity index (χ3v) is 3.47. The summed E-state index contributed by atoms with van der Waals surface area (Å²) in [6.45, 7) is 3.87. The predicted molar refractivity (Wildman–Crippen MR) is 86.6 cm³/mol. The first-order valence-electron chi connectivity index (χ1n) is 8.79. The van der Waals surface area contributed by atoms with E-state index in [0.29, 0.717) is 0 Å². The molecule has 0 aromatic carbocycles. The van der Waals surface area contributed by atoms with Crippen LogP contribution < -0.4 is 0 Å². The molecule has 0 unspecified atom stereocenters. The van der Waals surface area contributed by atoms with E-state index >= 15 is 0 Å². The third kappa shape index (κ3) is 19.8. The van der Waals surface area contributed by atoms with Gasteiger partial charge in [-0.1, -0.05) is 32.1 Å². The highest BCUT2D eigenvalue weighted by Gasteiger charge is 1.94. The van der Waals surface area contributed by atoms with Crippen molar-refractivity contribution in [2.24, 2.45) is 0 Å². The molecule has 4 heteroatoms. The Morgan fingerprint density at radius 1 is 0.381 bits per heavy atom. The molecule has 0 aliphatic rings. The number of ether oxygens (including phenoxy) is 2. The van der Waals surface area contributed by atoms with Gasteiger partial charge >= 0.3 is 0 Å². The van der Waals surface area contributed by atoms with E-state index in [-0.39, 0.29) is 13.2 Å². The van der Waals surface area contributed by atoms with Crippen LogP contribution in [0, 0.1) is 0 Å². The maximum absolute atomic E-state index is 8.62. The number of rotatable bonds is 18. The first-order valence-corrected chi connectivity index (χ1v) is 8.79. The van der Waals surface area contributed by atoms with Crippen molar-refractivity contribution in [3.8, 4) is 0 Å². The van der Waals surface area contributed by atoms with Crippen molar-refractivity contribution in [3.05, 3.63) is 0 Å². The third-order valence-electron chi connectivity index (χ3n) is 3.47. The summed E-state index contributed by atoms with van der Waals surface area (Å²) < 4.78 is 11.0. The van der Waals surface area contributed by atoms with E-state index in [4.69, 9.17) is 19.7 Å². The van der Waals surface area contributed by atoms with Crippen LogP contribution in [-0.4, -0.2) is 49.9 Å². The van der Waals surface area contributed by atoms with Crippen molar-refractivity contribution >= 4 is 0 Å². The molecular formula is C17H36O4. The monoisotopic (exact) mass is 304 g/mol. The Balaban J connectivity index is 2.90. The maximum atomic E-state index is 8.62. The zero-order valence-corrected chi connectivity index (χ0v) is 13.7. The van der Waals surface area contributed by atoms with Gasteiger partial charge in [-0.15, -0.1) is 0 Å². The van der Waals surface area contributed by atoms with Crippen molar-refractivity contribution in [1.29, 1.82) is 0 Å². The number of aliphatic hydroxyl groups excluding tert-OH is 2. The van der Waals surface area contributed by atoms with Crippen molar-refractivity contribution < 1.29 is 19.7 Å². The molecular weight excluding hydrogens is 268 g/mol. The smallest absolute Gasteiger partial charge is 0.0466 e. The van der Waals surface area contributed by atoms with Crippen LogP contribution in [0.25, 0.3) is 0 Å². The molecule has 0 heterocycles. The molecule has 128 valence electrons. The zero-order chi connectivity index (χ0) is 15.4. The number of hydrogen-bond acceptors (Lipinski definition) is 4. The molecule has 0 spiro atoms. The van der Waals surface area contributed by atoms with E-state index in [9.17, 15) is 0 Å². The summed E-state index contributed by atoms with van der Waals surface area (Å²) in [5.74, 6) is 0. The fraction of sp³-hybridized carbons (Fsp3) is 1.00. The molecule has 0 aliphatic carbocycles. The highest BCUT2D eigenvalue weighted by atomic mass is 16.5. The Morgan fingerprint density at radius 2 is 0.667 bits per heavy atom. The Kier molecular flexibility index (Phi) is 19.7. The van der Waals surface area contributed by atoms with Crippen molar-refractivity contribution in [2.45, 2.75) is 70.6 Å². The highest BCUT2D eigenvalue weighted by Crippen LogP contribution is 2.07. The van der Waals surface area contributed by atoms with Crippen LogP contribution in [0.2, 0.25) is 0 Å². The lowest BCUT2D eigenvalue weighted by Gasteiger charge is -2.05. The summed E-state index contributed by atoms with van der Waals surface area (Å²) in [5.41, 5.74) is 0. The molecule has 2 N–H and O–H groups in total. The molecule has 0 saturated heterocycles. The molecule has 21 heavy (non-hydrogen) atoms. The van der Waals surface area contributed by atoms with Gasteiger partial charge in [-0.25, -0.2) is 0 Å². The van der Waals surface area contributed by atoms with Gasteiger partial charge in [-0.2, -0.15) is 0 Å². The number of hydrogen-bond donors (Lipinski definition) is 2. The van der Waals surface area contributed by atoms with Crippen molar-refractivity contribution in [3.63, 3.8) is 0 Å². The molecule has 0 atom stereocenters. The predicted octanol–water partition coefficient (Wildman–Crippen LogP) is 3.30. The van der Waals surface area contributed by atoms with Crippen LogP contribution in [0.3, 0.4) is 0 Å². The number of aliphatic hydroxyl groups is 2. The fourth-order valence-corrected chi connectivity index (χ4v) is 2.13. The summed E-state index contributed by atoms with van der Waals surface area (Å²) >= 11 is 0. The van der Waals surface area contributed by atoms with E-state index in [2.05, 4.69) is 0 Å². The highest BCUT2D eigenvalue weighted by molar-refractivity contribution is 4.47. The van der Waals surface area contributed by atoms with Gasteiger partial charge in [-0.3, -0.25) is 0 Å². The van der Waals surface area contributed by atoms with Gasteiger partial charge in [-0.05, 0) is 38.5 Å². The largest absolute Gasteiger partial charge is 0.396 e. The summed E-state index contributed by atoms with van der Waals surface area (Å²) in [4.78, 5) is 0. The second-order valence-corrected chi connectivity index (χ2v) is 5.56. The van der Waals surface area contributed by atoms with E-state index in [1.54, 1.807) is 0 Å². The van der Waals surface area contributed by atoms with Crippen LogP contribution in [0.5, 0.6) is 0 Å². The van der Waals surface area contributed by atoms with Crippen LogP contribution >= 0.6 is 0 Å². The van der Waals surface area contributed by atoms with Gasteiger partial charge in [0.25, 0.3) is 0 Å². The van der Waals surface area contributed by atoms with Crippen molar-refractivity contribution in [2.75, 3.05) is 39.6 Å². The topological polar surface area (TPSA) is 58.9 Å². The quantitative estimate of drug-likeness (QED) is 0.381. The SMILES string of the molecule is OCCCCOCCCCCCCCCOCCCCO. The molecule has 0 radical (unpaired) electrons. The molecule has 4 nitrogen and oxygen atoms in total.